The molecule has 3 nitrogen and oxygen atoms in total. The molecule has 0 saturated carbocycles. The Balaban J connectivity index is 2.94. The van der Waals surface area contributed by atoms with Crippen LogP contribution in [0.25, 0.3) is 0 Å². The molecule has 0 aliphatic heterocycles. The minimum Gasteiger partial charge on any atom is -0.507 e. The van der Waals surface area contributed by atoms with Crippen LogP contribution in [-0.2, 0) is 0 Å². The zero-order valence-electron chi connectivity index (χ0n) is 12.5. The Bertz CT molecular complexity index is 521. The number of hydrogen-bond donors (Lipinski definition) is 2. The van der Waals surface area contributed by atoms with Crippen LogP contribution in [0.4, 0.5) is 4.39 Å². The van der Waals surface area contributed by atoms with E-state index in [9.17, 15) is 14.3 Å². The van der Waals surface area contributed by atoms with Gasteiger partial charge < -0.3 is 10.4 Å². The molecule has 0 bridgehead atoms. The van der Waals surface area contributed by atoms with Crippen molar-refractivity contribution < 1.29 is 14.3 Å². The molecule has 0 heterocycles. The van der Waals surface area contributed by atoms with Gasteiger partial charge in [0.05, 0.1) is 10.0 Å². The lowest BCUT2D eigenvalue weighted by Gasteiger charge is -2.33. The Morgan fingerprint density at radius 1 is 1.30 bits per heavy atom. The standard InChI is InChI=1S/C15H21BrFNO2/c1-14(2,3)8-15(4,5)18-13(20)9-6-10(16)11(17)7-12(9)19/h6-7,19H,8H2,1-5H3,(H,18,20). The predicted octanol–water partition coefficient (Wildman–Crippen LogP) is 4.24. The predicted molar refractivity (Wildman–Crippen MR) is 81.4 cm³/mol. The lowest BCUT2D eigenvalue weighted by atomic mass is 9.81. The second-order valence-corrected chi connectivity index (χ2v) is 7.71. The maximum absolute atomic E-state index is 13.2. The van der Waals surface area contributed by atoms with E-state index in [4.69, 9.17) is 0 Å². The number of carbonyl (C=O) groups is 1. The summed E-state index contributed by atoms with van der Waals surface area (Å²) in [6.07, 6.45) is 0.773. The van der Waals surface area contributed by atoms with Gasteiger partial charge in [0.1, 0.15) is 11.6 Å². The first-order valence-corrected chi connectivity index (χ1v) is 7.21. The lowest BCUT2D eigenvalue weighted by Crippen LogP contribution is -2.45. The molecule has 0 radical (unpaired) electrons. The highest BCUT2D eigenvalue weighted by atomic mass is 79.9. The number of rotatable bonds is 3. The highest BCUT2D eigenvalue weighted by molar-refractivity contribution is 9.10. The smallest absolute Gasteiger partial charge is 0.255 e. The second kappa shape index (κ2) is 5.72. The minimum absolute atomic E-state index is 0.0558. The molecule has 1 aromatic rings. The molecular formula is C15H21BrFNO2. The monoisotopic (exact) mass is 345 g/mol. The Morgan fingerprint density at radius 3 is 2.35 bits per heavy atom. The van der Waals surface area contributed by atoms with Gasteiger partial charge in [-0.2, -0.15) is 0 Å². The van der Waals surface area contributed by atoms with E-state index in [1.165, 1.54) is 6.07 Å². The molecule has 5 heteroatoms. The Morgan fingerprint density at radius 2 is 1.85 bits per heavy atom. The van der Waals surface area contributed by atoms with Crippen LogP contribution in [0.3, 0.4) is 0 Å². The second-order valence-electron chi connectivity index (χ2n) is 6.86. The normalized spacial score (nSPS) is 12.3. The number of nitrogens with one attached hydrogen (secondary N) is 1. The van der Waals surface area contributed by atoms with Gasteiger partial charge >= 0.3 is 0 Å². The molecule has 1 aromatic carbocycles. The summed E-state index contributed by atoms with van der Waals surface area (Å²) in [4.78, 5) is 12.2. The van der Waals surface area contributed by atoms with Gasteiger partial charge in [0.25, 0.3) is 5.91 Å². The quantitative estimate of drug-likeness (QED) is 0.860. The van der Waals surface area contributed by atoms with Crippen LogP contribution in [0, 0.1) is 11.2 Å². The molecular weight excluding hydrogens is 325 g/mol. The molecule has 0 spiro atoms. The van der Waals surface area contributed by atoms with Crippen LogP contribution in [0.5, 0.6) is 5.75 Å². The molecule has 0 fully saturated rings. The average molecular weight is 346 g/mol. The van der Waals surface area contributed by atoms with E-state index in [2.05, 4.69) is 42.0 Å². The van der Waals surface area contributed by atoms with Crippen LogP contribution in [0.1, 0.15) is 51.4 Å². The number of carbonyl (C=O) groups excluding carboxylic acids is 1. The zero-order valence-corrected chi connectivity index (χ0v) is 14.1. The minimum atomic E-state index is -0.604. The number of aromatic hydroxyl groups is 1. The summed E-state index contributed by atoms with van der Waals surface area (Å²) in [5.41, 5.74) is -0.314. The third kappa shape index (κ3) is 4.78. The highest BCUT2D eigenvalue weighted by Crippen LogP contribution is 2.29. The van der Waals surface area contributed by atoms with E-state index in [1.807, 2.05) is 13.8 Å². The summed E-state index contributed by atoms with van der Waals surface area (Å²) in [5.74, 6) is -1.39. The Hall–Kier alpha value is -1.10. The van der Waals surface area contributed by atoms with Gasteiger partial charge in [0.2, 0.25) is 0 Å². The van der Waals surface area contributed by atoms with Gasteiger partial charge in [-0.3, -0.25) is 4.79 Å². The van der Waals surface area contributed by atoms with Gasteiger partial charge in [-0.1, -0.05) is 20.8 Å². The maximum Gasteiger partial charge on any atom is 0.255 e. The number of phenolic OH excluding ortho intramolecular Hbond substituents is 1. The molecule has 0 aromatic heterocycles. The van der Waals surface area contributed by atoms with Crippen LogP contribution in [0.15, 0.2) is 16.6 Å². The van der Waals surface area contributed by atoms with Gasteiger partial charge in [0, 0.05) is 11.6 Å². The maximum atomic E-state index is 13.2. The SMILES string of the molecule is CC(C)(C)CC(C)(C)NC(=O)c1cc(Br)c(F)cc1O. The van der Waals surface area contributed by atoms with Crippen LogP contribution >= 0.6 is 15.9 Å². The summed E-state index contributed by atoms with van der Waals surface area (Å²) in [5, 5.41) is 12.6. The summed E-state index contributed by atoms with van der Waals surface area (Å²) >= 11 is 3.01. The molecule has 20 heavy (non-hydrogen) atoms. The lowest BCUT2D eigenvalue weighted by molar-refractivity contribution is 0.0888. The molecule has 1 rings (SSSR count). The van der Waals surface area contributed by atoms with E-state index in [0.717, 1.165) is 12.5 Å². The Kier molecular flexibility index (Phi) is 4.85. The largest absolute Gasteiger partial charge is 0.507 e. The number of phenols is 1. The molecule has 1 amide bonds. The first-order chi connectivity index (χ1) is 8.91. The van der Waals surface area contributed by atoms with Crippen molar-refractivity contribution >= 4 is 21.8 Å². The van der Waals surface area contributed by atoms with Crippen molar-refractivity contribution in [2.75, 3.05) is 0 Å². The van der Waals surface area contributed by atoms with E-state index >= 15 is 0 Å². The third-order valence-corrected chi connectivity index (χ3v) is 3.32. The highest BCUT2D eigenvalue weighted by Gasteiger charge is 2.28. The molecule has 112 valence electrons. The number of amides is 1. The van der Waals surface area contributed by atoms with Gasteiger partial charge in [-0.05, 0) is 47.7 Å². The van der Waals surface area contributed by atoms with Crippen molar-refractivity contribution in [2.24, 2.45) is 5.41 Å². The zero-order chi connectivity index (χ0) is 15.7. The van der Waals surface area contributed by atoms with Crippen LogP contribution < -0.4 is 5.32 Å². The van der Waals surface area contributed by atoms with Gasteiger partial charge in [-0.15, -0.1) is 0 Å². The van der Waals surface area contributed by atoms with Crippen LogP contribution in [-0.4, -0.2) is 16.6 Å². The van der Waals surface area contributed by atoms with Gasteiger partial charge in [0.15, 0.2) is 0 Å². The number of halogens is 2. The van der Waals surface area contributed by atoms with Crippen molar-refractivity contribution in [1.29, 1.82) is 0 Å². The molecule has 0 aliphatic rings. The van der Waals surface area contributed by atoms with E-state index < -0.39 is 17.3 Å². The topological polar surface area (TPSA) is 49.3 Å². The molecule has 0 atom stereocenters. The Labute approximate surface area is 127 Å². The number of benzene rings is 1. The van der Waals surface area contributed by atoms with E-state index in [0.29, 0.717) is 0 Å². The fourth-order valence-corrected chi connectivity index (χ4v) is 2.81. The fourth-order valence-electron chi connectivity index (χ4n) is 2.46. The fraction of sp³-hybridized carbons (Fsp3) is 0.533. The summed E-state index contributed by atoms with van der Waals surface area (Å²) in [7, 11) is 0. The van der Waals surface area contributed by atoms with Crippen molar-refractivity contribution in [3.05, 3.63) is 28.0 Å². The summed E-state index contributed by atoms with van der Waals surface area (Å²) in [6, 6.07) is 2.21. The molecule has 0 aliphatic carbocycles. The van der Waals surface area contributed by atoms with Crippen molar-refractivity contribution in [1.82, 2.24) is 5.32 Å². The van der Waals surface area contributed by atoms with Crippen molar-refractivity contribution in [3.8, 4) is 5.75 Å². The summed E-state index contributed by atoms with van der Waals surface area (Å²) < 4.78 is 13.4. The third-order valence-electron chi connectivity index (χ3n) is 2.71. The van der Waals surface area contributed by atoms with Crippen LogP contribution in [0.2, 0.25) is 0 Å². The first kappa shape index (κ1) is 17.0. The van der Waals surface area contributed by atoms with Crippen molar-refractivity contribution in [2.45, 2.75) is 46.6 Å². The molecule has 0 unspecified atom stereocenters. The first-order valence-electron chi connectivity index (χ1n) is 6.42. The molecule has 0 saturated heterocycles. The molecule has 2 N–H and O–H groups in total. The number of hydrogen-bond acceptors (Lipinski definition) is 2. The summed E-state index contributed by atoms with van der Waals surface area (Å²) in [6.45, 7) is 10.1. The van der Waals surface area contributed by atoms with E-state index in [1.54, 1.807) is 0 Å². The van der Waals surface area contributed by atoms with Gasteiger partial charge in [-0.25, -0.2) is 4.39 Å². The van der Waals surface area contributed by atoms with Crippen molar-refractivity contribution in [3.63, 3.8) is 0 Å². The van der Waals surface area contributed by atoms with E-state index in [-0.39, 0.29) is 21.2 Å². The average Bonchev–Trinajstić information content (AvgIpc) is 2.18.